The molecule has 2 atom stereocenters. The molecule has 0 fully saturated rings. The number of anilines is 1. The van der Waals surface area contributed by atoms with E-state index in [1.807, 2.05) is 0 Å². The predicted octanol–water partition coefficient (Wildman–Crippen LogP) is 4.71. The molecule has 1 aliphatic carbocycles. The van der Waals surface area contributed by atoms with Crippen LogP contribution in [0.5, 0.6) is 0 Å². The number of carbonyl (C=O) groups excluding carboxylic acids is 3. The van der Waals surface area contributed by atoms with Crippen LogP contribution in [0.1, 0.15) is 32.8 Å². The summed E-state index contributed by atoms with van der Waals surface area (Å²) < 4.78 is 52.5. The maximum Gasteiger partial charge on any atom is 0.411 e. The van der Waals surface area contributed by atoms with Crippen LogP contribution in [0.3, 0.4) is 0 Å². The Kier molecular flexibility index (Phi) is 8.59. The van der Waals surface area contributed by atoms with Crippen LogP contribution < -0.4 is 4.90 Å². The molecule has 0 saturated heterocycles. The number of halogens is 4. The highest BCUT2D eigenvalue weighted by atomic mass is 35.5. The quantitative estimate of drug-likeness (QED) is 0.499. The van der Waals surface area contributed by atoms with Crippen LogP contribution in [-0.4, -0.2) is 67.1 Å². The van der Waals surface area contributed by atoms with Gasteiger partial charge in [-0.05, 0) is 44.9 Å². The highest BCUT2D eigenvalue weighted by molar-refractivity contribution is 6.36. The Morgan fingerprint density at radius 3 is 2.46 bits per heavy atom. The van der Waals surface area contributed by atoms with Crippen molar-refractivity contribution in [1.82, 2.24) is 4.90 Å². The first-order valence-corrected chi connectivity index (χ1v) is 11.8. The zero-order valence-electron chi connectivity index (χ0n) is 20.8. The zero-order chi connectivity index (χ0) is 27.5. The van der Waals surface area contributed by atoms with Gasteiger partial charge in [-0.1, -0.05) is 35.9 Å². The Bertz CT molecular complexity index is 1120. The molecule has 202 valence electrons. The molecule has 0 bridgehead atoms. The lowest BCUT2D eigenvalue weighted by molar-refractivity contribution is -0.180. The van der Waals surface area contributed by atoms with E-state index in [4.69, 9.17) is 25.8 Å². The number of para-hydroxylation sites is 1. The van der Waals surface area contributed by atoms with E-state index >= 15 is 0 Å². The number of nitrogens with zero attached hydrogens (tertiary/aromatic N) is 2. The van der Waals surface area contributed by atoms with Gasteiger partial charge in [0, 0.05) is 12.2 Å². The van der Waals surface area contributed by atoms with Crippen molar-refractivity contribution in [2.45, 2.75) is 57.7 Å². The minimum Gasteiger partial charge on any atom is -0.466 e. The van der Waals surface area contributed by atoms with Crippen molar-refractivity contribution in [2.24, 2.45) is 0 Å². The van der Waals surface area contributed by atoms with Gasteiger partial charge in [-0.2, -0.15) is 13.2 Å². The van der Waals surface area contributed by atoms with E-state index in [9.17, 15) is 27.6 Å². The Balaban J connectivity index is 1.83. The van der Waals surface area contributed by atoms with Gasteiger partial charge in [0.2, 0.25) is 5.60 Å². The Hall–Kier alpha value is -3.05. The van der Waals surface area contributed by atoms with Crippen molar-refractivity contribution < 1.29 is 41.8 Å². The Morgan fingerprint density at radius 1 is 1.16 bits per heavy atom. The molecular formula is C25H28ClF3N2O6. The number of methoxy groups -OCH3 is 1. The maximum absolute atomic E-state index is 13.6. The van der Waals surface area contributed by atoms with Crippen molar-refractivity contribution in [2.75, 3.05) is 25.2 Å². The van der Waals surface area contributed by atoms with E-state index in [-0.39, 0.29) is 30.1 Å². The van der Waals surface area contributed by atoms with Gasteiger partial charge < -0.3 is 19.1 Å². The van der Waals surface area contributed by atoms with Gasteiger partial charge in [-0.3, -0.25) is 9.69 Å². The summed E-state index contributed by atoms with van der Waals surface area (Å²) in [6, 6.07) is 6.45. The lowest BCUT2D eigenvalue weighted by atomic mass is 10.0. The first-order chi connectivity index (χ1) is 17.2. The number of hydrogen-bond donors (Lipinski definition) is 0. The van der Waals surface area contributed by atoms with E-state index in [0.29, 0.717) is 11.3 Å². The molecule has 2 amide bonds. The van der Waals surface area contributed by atoms with Crippen LogP contribution in [-0.2, 0) is 30.3 Å². The van der Waals surface area contributed by atoms with Gasteiger partial charge in [-0.25, -0.2) is 9.59 Å². The van der Waals surface area contributed by atoms with Gasteiger partial charge in [0.25, 0.3) is 5.91 Å². The summed E-state index contributed by atoms with van der Waals surface area (Å²) in [7, 11) is 1.19. The molecule has 8 nitrogen and oxygen atoms in total. The summed E-state index contributed by atoms with van der Waals surface area (Å²) in [6.45, 7) is 3.31. The fraction of sp³-hybridized carbons (Fsp3) is 0.480. The van der Waals surface area contributed by atoms with Gasteiger partial charge in [0.15, 0.2) is 0 Å². The third-order valence-electron chi connectivity index (χ3n) is 5.94. The third-order valence-corrected chi connectivity index (χ3v) is 6.27. The average Bonchev–Trinajstić information content (AvgIpc) is 2.97. The molecule has 0 saturated carbocycles. The molecule has 12 heteroatoms. The fourth-order valence-corrected chi connectivity index (χ4v) is 4.31. The summed E-state index contributed by atoms with van der Waals surface area (Å²) >= 11 is 6.30. The first kappa shape index (κ1) is 28.5. The molecule has 1 aromatic rings. The van der Waals surface area contributed by atoms with Crippen molar-refractivity contribution in [1.29, 1.82) is 0 Å². The molecule has 2 aliphatic rings. The fourth-order valence-electron chi connectivity index (χ4n) is 4.01. The molecular weight excluding hydrogens is 517 g/mol. The number of benzene rings is 1. The SMILES string of the molecule is COC(=O)C(C)(C)OC(=O)N1Cc2ccccc2N(C(=O)C2=CCC(OCC(F)(F)F)C=C2Cl)C[C@H]1C. The number of alkyl halides is 3. The zero-order valence-corrected chi connectivity index (χ0v) is 21.6. The summed E-state index contributed by atoms with van der Waals surface area (Å²) in [4.78, 5) is 41.5. The topological polar surface area (TPSA) is 85.4 Å². The summed E-state index contributed by atoms with van der Waals surface area (Å²) in [5.41, 5.74) is -0.208. The number of fused-ring (bicyclic) bond motifs is 1. The molecule has 0 N–H and O–H groups in total. The van der Waals surface area contributed by atoms with Crippen LogP contribution in [0.15, 0.2) is 47.0 Å². The van der Waals surface area contributed by atoms with Gasteiger partial charge in [0.05, 0.1) is 36.4 Å². The molecule has 1 aromatic carbocycles. The molecule has 3 rings (SSSR count). The minimum absolute atomic E-state index is 0.0195. The highest BCUT2D eigenvalue weighted by Gasteiger charge is 2.39. The van der Waals surface area contributed by atoms with Crippen molar-refractivity contribution in [3.05, 3.63) is 52.6 Å². The molecule has 0 aromatic heterocycles. The van der Waals surface area contributed by atoms with Crippen LogP contribution in [0.4, 0.5) is 23.7 Å². The number of hydrogen-bond acceptors (Lipinski definition) is 6. The van der Waals surface area contributed by atoms with Gasteiger partial charge in [-0.15, -0.1) is 0 Å². The molecule has 1 aliphatic heterocycles. The van der Waals surface area contributed by atoms with Crippen LogP contribution in [0.2, 0.25) is 0 Å². The Labute approximate surface area is 217 Å². The summed E-state index contributed by atoms with van der Waals surface area (Å²) in [5, 5.41) is -0.0195. The smallest absolute Gasteiger partial charge is 0.411 e. The first-order valence-electron chi connectivity index (χ1n) is 11.5. The monoisotopic (exact) mass is 544 g/mol. The lowest BCUT2D eigenvalue weighted by Gasteiger charge is -2.32. The molecule has 0 spiro atoms. The highest BCUT2D eigenvalue weighted by Crippen LogP contribution is 2.33. The second kappa shape index (κ2) is 11.1. The van der Waals surface area contributed by atoms with Crippen LogP contribution in [0.25, 0.3) is 0 Å². The van der Waals surface area contributed by atoms with E-state index in [0.717, 1.165) is 0 Å². The predicted molar refractivity (Wildman–Crippen MR) is 129 cm³/mol. The molecule has 37 heavy (non-hydrogen) atoms. The van der Waals surface area contributed by atoms with E-state index < -0.39 is 48.5 Å². The van der Waals surface area contributed by atoms with Crippen LogP contribution in [0, 0.1) is 0 Å². The number of rotatable bonds is 5. The number of amides is 2. The van der Waals surface area contributed by atoms with Crippen molar-refractivity contribution in [3.63, 3.8) is 0 Å². The van der Waals surface area contributed by atoms with Crippen LogP contribution >= 0.6 is 11.6 Å². The molecule has 0 radical (unpaired) electrons. The minimum atomic E-state index is -4.48. The lowest BCUT2D eigenvalue weighted by Crippen LogP contribution is -2.48. The van der Waals surface area contributed by atoms with Gasteiger partial charge in [0.1, 0.15) is 6.61 Å². The van der Waals surface area contributed by atoms with E-state index in [1.165, 1.54) is 42.9 Å². The molecule has 1 unspecified atom stereocenters. The Morgan fingerprint density at radius 2 is 1.84 bits per heavy atom. The second-order valence-electron chi connectivity index (χ2n) is 9.22. The maximum atomic E-state index is 13.6. The number of carbonyl (C=O) groups is 3. The van der Waals surface area contributed by atoms with Crippen molar-refractivity contribution >= 4 is 35.3 Å². The normalized spacial score (nSPS) is 20.3. The third kappa shape index (κ3) is 6.84. The van der Waals surface area contributed by atoms with E-state index in [2.05, 4.69) is 0 Å². The standard InChI is InChI=1S/C25H28ClF3N2O6/c1-15-12-31(21(32)18-10-9-17(11-19(18)26)36-14-25(27,28)29)20-8-6-5-7-16(20)13-30(15)23(34)37-24(2,3)22(33)35-4/h5-8,10-11,15,17H,9,12-14H2,1-4H3/t15-,17?/m1/s1. The second-order valence-corrected chi connectivity index (χ2v) is 9.63. The van der Waals surface area contributed by atoms with Crippen molar-refractivity contribution in [3.8, 4) is 0 Å². The van der Waals surface area contributed by atoms with E-state index in [1.54, 1.807) is 31.2 Å². The largest absolute Gasteiger partial charge is 0.466 e. The summed E-state index contributed by atoms with van der Waals surface area (Å²) in [5.74, 6) is -1.19. The van der Waals surface area contributed by atoms with Gasteiger partial charge >= 0.3 is 18.2 Å². The average molecular weight is 545 g/mol. The molecule has 1 heterocycles. The summed E-state index contributed by atoms with van der Waals surface area (Å²) in [6.07, 6.45) is -3.37. The number of ether oxygens (including phenoxy) is 3. The number of esters is 1.